The molecule has 1 N–H and O–H groups in total. The maximum atomic E-state index is 12.8. The van der Waals surface area contributed by atoms with Crippen LogP contribution in [0.5, 0.6) is 0 Å². The molecular weight excluding hydrogens is 530 g/mol. The molecule has 1 atom stereocenters. The van der Waals surface area contributed by atoms with Crippen molar-refractivity contribution in [3.8, 4) is 0 Å². The summed E-state index contributed by atoms with van der Waals surface area (Å²) in [6.07, 6.45) is 0. The number of halogens is 1. The van der Waals surface area contributed by atoms with E-state index in [-0.39, 0.29) is 22.1 Å². The third kappa shape index (κ3) is 6.18. The average molecular weight is 558 g/mol. The minimum absolute atomic E-state index is 0.0678. The van der Waals surface area contributed by atoms with Crippen LogP contribution < -0.4 is 5.32 Å². The van der Waals surface area contributed by atoms with Crippen molar-refractivity contribution >= 4 is 50.9 Å². The summed E-state index contributed by atoms with van der Waals surface area (Å²) in [5.74, 6) is 0.165. The number of rotatable bonds is 9. The molecule has 0 unspecified atom stereocenters. The van der Waals surface area contributed by atoms with Gasteiger partial charge < -0.3 is 10.2 Å². The first-order valence-corrected chi connectivity index (χ1v) is 14.8. The van der Waals surface area contributed by atoms with Crippen LogP contribution in [0.2, 0.25) is 5.02 Å². The topological polar surface area (TPSA) is 86.8 Å². The fraction of sp³-hybridized carbons (Fsp3) is 0.259. The Morgan fingerprint density at radius 2 is 1.62 bits per heavy atom. The number of nitrogens with zero attached hydrogens (tertiary/aromatic N) is 2. The summed E-state index contributed by atoms with van der Waals surface area (Å²) in [6, 6.07) is 20.8. The highest BCUT2D eigenvalue weighted by atomic mass is 35.5. The highest BCUT2D eigenvalue weighted by Gasteiger charge is 2.32. The van der Waals surface area contributed by atoms with Crippen molar-refractivity contribution in [3.05, 3.63) is 94.5 Å². The van der Waals surface area contributed by atoms with Gasteiger partial charge >= 0.3 is 0 Å². The lowest BCUT2D eigenvalue weighted by Gasteiger charge is -2.24. The number of nitrogens with one attached hydrogen (secondary N) is 1. The molecule has 10 heteroatoms. The van der Waals surface area contributed by atoms with Crippen LogP contribution in [0, 0.1) is 0 Å². The van der Waals surface area contributed by atoms with Crippen LogP contribution in [0.1, 0.15) is 40.7 Å². The van der Waals surface area contributed by atoms with Gasteiger partial charge in [-0.1, -0.05) is 49.7 Å². The predicted octanol–water partition coefficient (Wildman–Crippen LogP) is 5.40. The van der Waals surface area contributed by atoms with Gasteiger partial charge in [-0.05, 0) is 59.7 Å². The number of carbonyl (C=O) groups is 2. The molecule has 1 aliphatic heterocycles. The van der Waals surface area contributed by atoms with Crippen molar-refractivity contribution < 1.29 is 18.0 Å². The zero-order chi connectivity index (χ0) is 26.6. The molecule has 0 aromatic heterocycles. The van der Waals surface area contributed by atoms with E-state index >= 15 is 0 Å². The van der Waals surface area contributed by atoms with E-state index in [2.05, 4.69) is 5.32 Å². The molecule has 3 aromatic rings. The van der Waals surface area contributed by atoms with E-state index in [1.807, 2.05) is 41.3 Å². The SMILES string of the molecule is CCN(CC)S(=O)(=O)c1ccc(NC(=O)c2ccc([C@@H]3SCC(=O)N3Cc3ccc(Cl)cc3)cc2)cc1. The summed E-state index contributed by atoms with van der Waals surface area (Å²) >= 11 is 7.53. The molecule has 0 aliphatic carbocycles. The molecule has 4 rings (SSSR count). The Kier molecular flexibility index (Phi) is 8.59. The first-order chi connectivity index (χ1) is 17.7. The Labute approximate surface area is 226 Å². The second-order valence-electron chi connectivity index (χ2n) is 8.50. The average Bonchev–Trinajstić information content (AvgIpc) is 3.26. The van der Waals surface area contributed by atoms with Gasteiger partial charge in [0.1, 0.15) is 5.37 Å². The smallest absolute Gasteiger partial charge is 0.255 e. The van der Waals surface area contributed by atoms with Gasteiger partial charge in [0.25, 0.3) is 5.91 Å². The summed E-state index contributed by atoms with van der Waals surface area (Å²) in [5.41, 5.74) is 2.89. The molecule has 0 spiro atoms. The lowest BCUT2D eigenvalue weighted by atomic mass is 10.1. The quantitative estimate of drug-likeness (QED) is 0.381. The molecule has 37 heavy (non-hydrogen) atoms. The third-order valence-electron chi connectivity index (χ3n) is 6.15. The number of carbonyl (C=O) groups excluding carboxylic acids is 2. The normalized spacial score (nSPS) is 15.8. The van der Waals surface area contributed by atoms with Crippen molar-refractivity contribution in [1.82, 2.24) is 9.21 Å². The number of thioether (sulfide) groups is 1. The molecular formula is C27H28ClN3O4S2. The first-order valence-electron chi connectivity index (χ1n) is 11.9. The van der Waals surface area contributed by atoms with E-state index in [1.165, 1.54) is 16.4 Å². The molecule has 1 saturated heterocycles. The van der Waals surface area contributed by atoms with Crippen LogP contribution in [0.3, 0.4) is 0 Å². The van der Waals surface area contributed by atoms with E-state index in [0.717, 1.165) is 11.1 Å². The van der Waals surface area contributed by atoms with E-state index < -0.39 is 10.0 Å². The van der Waals surface area contributed by atoms with Gasteiger partial charge in [0.15, 0.2) is 0 Å². The Morgan fingerprint density at radius 3 is 2.22 bits per heavy atom. The Hall–Kier alpha value is -2.85. The molecule has 194 valence electrons. The van der Waals surface area contributed by atoms with Gasteiger partial charge in [-0.3, -0.25) is 9.59 Å². The highest BCUT2D eigenvalue weighted by molar-refractivity contribution is 8.00. The lowest BCUT2D eigenvalue weighted by Crippen LogP contribution is -2.30. The van der Waals surface area contributed by atoms with Crippen LogP contribution in [0.25, 0.3) is 0 Å². The third-order valence-corrected chi connectivity index (χ3v) is 9.72. The van der Waals surface area contributed by atoms with Gasteiger partial charge in [0.05, 0.1) is 10.6 Å². The van der Waals surface area contributed by atoms with Gasteiger partial charge in [-0.25, -0.2) is 8.42 Å². The molecule has 1 fully saturated rings. The minimum Gasteiger partial charge on any atom is -0.322 e. The van der Waals surface area contributed by atoms with Crippen LogP contribution in [-0.4, -0.2) is 48.3 Å². The molecule has 7 nitrogen and oxygen atoms in total. The molecule has 0 saturated carbocycles. The fourth-order valence-corrected chi connectivity index (χ4v) is 6.88. The van der Waals surface area contributed by atoms with Crippen molar-refractivity contribution in [1.29, 1.82) is 0 Å². The molecule has 0 bridgehead atoms. The van der Waals surface area contributed by atoms with Crippen molar-refractivity contribution in [3.63, 3.8) is 0 Å². The summed E-state index contributed by atoms with van der Waals surface area (Å²) in [6.45, 7) is 4.85. The first kappa shape index (κ1) is 27.2. The van der Waals surface area contributed by atoms with Crippen LogP contribution >= 0.6 is 23.4 Å². The standard InChI is InChI=1S/C27H28ClN3O4S2/c1-3-30(4-2)37(34,35)24-15-13-23(14-16-24)29-26(33)20-7-9-21(10-8-20)27-31(25(32)18-36-27)17-19-5-11-22(28)12-6-19/h5-16,27H,3-4,17-18H2,1-2H3,(H,29,33)/t27-/m0/s1. The van der Waals surface area contributed by atoms with Gasteiger partial charge in [-0.2, -0.15) is 4.31 Å². The van der Waals surface area contributed by atoms with E-state index in [9.17, 15) is 18.0 Å². The molecule has 2 amide bonds. The summed E-state index contributed by atoms with van der Waals surface area (Å²) in [4.78, 5) is 27.4. The Morgan fingerprint density at radius 1 is 1.00 bits per heavy atom. The maximum absolute atomic E-state index is 12.8. The van der Waals surface area contributed by atoms with Gasteiger partial charge in [0.2, 0.25) is 15.9 Å². The lowest BCUT2D eigenvalue weighted by molar-refractivity contribution is -0.128. The summed E-state index contributed by atoms with van der Waals surface area (Å²) in [7, 11) is -3.56. The number of sulfonamides is 1. The minimum atomic E-state index is -3.56. The molecule has 3 aromatic carbocycles. The van der Waals surface area contributed by atoms with E-state index in [0.29, 0.717) is 41.7 Å². The number of anilines is 1. The number of hydrogen-bond donors (Lipinski definition) is 1. The summed E-state index contributed by atoms with van der Waals surface area (Å²) in [5, 5.41) is 3.32. The monoisotopic (exact) mass is 557 g/mol. The largest absolute Gasteiger partial charge is 0.322 e. The second-order valence-corrected chi connectivity index (χ2v) is 11.9. The maximum Gasteiger partial charge on any atom is 0.255 e. The fourth-order valence-electron chi connectivity index (χ4n) is 4.11. The summed E-state index contributed by atoms with van der Waals surface area (Å²) < 4.78 is 26.7. The molecule has 0 radical (unpaired) electrons. The number of benzene rings is 3. The van der Waals surface area contributed by atoms with Gasteiger partial charge in [0, 0.05) is 35.9 Å². The van der Waals surface area contributed by atoms with E-state index in [1.54, 1.807) is 49.9 Å². The second kappa shape index (κ2) is 11.7. The van der Waals surface area contributed by atoms with Crippen molar-refractivity contribution in [2.75, 3.05) is 24.2 Å². The zero-order valence-corrected chi connectivity index (χ0v) is 22.9. The number of amides is 2. The van der Waals surface area contributed by atoms with E-state index in [4.69, 9.17) is 11.6 Å². The van der Waals surface area contributed by atoms with Gasteiger partial charge in [-0.15, -0.1) is 11.8 Å². The van der Waals surface area contributed by atoms with Crippen molar-refractivity contribution in [2.45, 2.75) is 30.7 Å². The van der Waals surface area contributed by atoms with Crippen molar-refractivity contribution in [2.24, 2.45) is 0 Å². The van der Waals surface area contributed by atoms with Crippen LogP contribution in [0.4, 0.5) is 5.69 Å². The Balaban J connectivity index is 1.42. The van der Waals surface area contributed by atoms with Crippen LogP contribution in [-0.2, 0) is 21.4 Å². The number of hydrogen-bond acceptors (Lipinski definition) is 5. The Bertz CT molecular complexity index is 1360. The highest BCUT2D eigenvalue weighted by Crippen LogP contribution is 2.39. The molecule has 1 heterocycles. The molecule has 1 aliphatic rings. The van der Waals surface area contributed by atoms with Crippen LogP contribution in [0.15, 0.2) is 77.7 Å². The zero-order valence-electron chi connectivity index (χ0n) is 20.6. The predicted molar refractivity (Wildman–Crippen MR) is 148 cm³/mol.